The van der Waals surface area contributed by atoms with Crippen molar-refractivity contribution in [1.29, 1.82) is 0 Å². The molecule has 58 valence electrons. The molecular formula is C7H14O2Si. The van der Waals surface area contributed by atoms with Gasteiger partial charge in [-0.25, -0.2) is 0 Å². The van der Waals surface area contributed by atoms with Crippen molar-refractivity contribution in [2.45, 2.75) is 19.9 Å². The van der Waals surface area contributed by atoms with E-state index in [4.69, 9.17) is 15.3 Å². The Kier molecular flexibility index (Phi) is 6.61. The zero-order chi connectivity index (χ0) is 7.82. The van der Waals surface area contributed by atoms with E-state index in [1.165, 1.54) is 0 Å². The Balaban J connectivity index is 3.42. The van der Waals surface area contributed by atoms with Crippen molar-refractivity contribution in [2.24, 2.45) is 0 Å². The van der Waals surface area contributed by atoms with Gasteiger partial charge in [0.15, 0.2) is 0 Å². The first kappa shape index (κ1) is 9.70. The van der Waals surface area contributed by atoms with Gasteiger partial charge >= 0.3 is 9.28 Å². The monoisotopic (exact) mass is 158 g/mol. The Labute approximate surface area is 64.4 Å². The zero-order valence-electron chi connectivity index (χ0n) is 6.59. The Bertz CT molecular complexity index is 103. The summed E-state index contributed by atoms with van der Waals surface area (Å²) in [7, 11) is -1.47. The van der Waals surface area contributed by atoms with Crippen molar-refractivity contribution in [3.8, 4) is 12.3 Å². The minimum atomic E-state index is -1.47. The van der Waals surface area contributed by atoms with Gasteiger partial charge in [-0.1, -0.05) is 0 Å². The van der Waals surface area contributed by atoms with Crippen LogP contribution in [0.2, 0.25) is 6.04 Å². The second-order valence-electron chi connectivity index (χ2n) is 1.75. The highest BCUT2D eigenvalue weighted by atomic mass is 28.3. The third kappa shape index (κ3) is 4.56. The highest BCUT2D eigenvalue weighted by Crippen LogP contribution is 1.94. The highest BCUT2D eigenvalue weighted by Gasteiger charge is 2.08. The van der Waals surface area contributed by atoms with Crippen LogP contribution in [0.15, 0.2) is 0 Å². The van der Waals surface area contributed by atoms with Crippen molar-refractivity contribution in [1.82, 2.24) is 0 Å². The number of terminal acetylenes is 1. The SMILES string of the molecule is C#CC[SiH](OCC)OCC. The summed E-state index contributed by atoms with van der Waals surface area (Å²) < 4.78 is 10.6. The number of hydrogen-bond donors (Lipinski definition) is 0. The van der Waals surface area contributed by atoms with Gasteiger partial charge in [0.2, 0.25) is 0 Å². The molecule has 0 aromatic carbocycles. The Morgan fingerprint density at radius 1 is 1.30 bits per heavy atom. The van der Waals surface area contributed by atoms with Crippen LogP contribution in [0.1, 0.15) is 13.8 Å². The van der Waals surface area contributed by atoms with Crippen LogP contribution < -0.4 is 0 Å². The maximum atomic E-state index is 5.30. The van der Waals surface area contributed by atoms with Crippen LogP contribution in [0.5, 0.6) is 0 Å². The van der Waals surface area contributed by atoms with Crippen molar-refractivity contribution in [3.05, 3.63) is 0 Å². The molecule has 0 spiro atoms. The minimum Gasteiger partial charge on any atom is -0.396 e. The summed E-state index contributed by atoms with van der Waals surface area (Å²) in [4.78, 5) is 0. The summed E-state index contributed by atoms with van der Waals surface area (Å²) in [6.07, 6.45) is 5.11. The molecule has 0 rings (SSSR count). The van der Waals surface area contributed by atoms with Gasteiger partial charge in [0, 0.05) is 19.3 Å². The summed E-state index contributed by atoms with van der Waals surface area (Å²) in [6.45, 7) is 5.32. The fourth-order valence-electron chi connectivity index (χ4n) is 0.634. The quantitative estimate of drug-likeness (QED) is 0.437. The summed E-state index contributed by atoms with van der Waals surface area (Å²) >= 11 is 0. The third-order valence-corrected chi connectivity index (χ3v) is 2.97. The lowest BCUT2D eigenvalue weighted by Gasteiger charge is -2.10. The van der Waals surface area contributed by atoms with Crippen LogP contribution in [0, 0.1) is 12.3 Å². The van der Waals surface area contributed by atoms with E-state index in [1.54, 1.807) is 0 Å². The summed E-state index contributed by atoms with van der Waals surface area (Å²) in [5, 5.41) is 0. The summed E-state index contributed by atoms with van der Waals surface area (Å²) in [5.41, 5.74) is 0. The lowest BCUT2D eigenvalue weighted by atomic mass is 10.8. The number of hydrogen-bond acceptors (Lipinski definition) is 2. The van der Waals surface area contributed by atoms with E-state index in [9.17, 15) is 0 Å². The molecule has 0 saturated heterocycles. The molecule has 0 N–H and O–H groups in total. The summed E-state index contributed by atoms with van der Waals surface area (Å²) in [6, 6.07) is 0.668. The molecule has 0 amide bonds. The maximum absolute atomic E-state index is 5.30. The van der Waals surface area contributed by atoms with Gasteiger partial charge < -0.3 is 8.85 Å². The molecule has 2 nitrogen and oxygen atoms in total. The highest BCUT2D eigenvalue weighted by molar-refractivity contribution is 6.45. The van der Waals surface area contributed by atoms with Crippen LogP contribution in [-0.4, -0.2) is 22.5 Å². The van der Waals surface area contributed by atoms with Crippen LogP contribution in [0.3, 0.4) is 0 Å². The molecule has 0 atom stereocenters. The van der Waals surface area contributed by atoms with Gasteiger partial charge in [0.1, 0.15) is 0 Å². The van der Waals surface area contributed by atoms with E-state index in [0.29, 0.717) is 19.3 Å². The second kappa shape index (κ2) is 6.81. The van der Waals surface area contributed by atoms with Gasteiger partial charge in [-0.15, -0.1) is 12.3 Å². The van der Waals surface area contributed by atoms with E-state index in [-0.39, 0.29) is 0 Å². The van der Waals surface area contributed by atoms with Crippen LogP contribution in [-0.2, 0) is 8.85 Å². The van der Waals surface area contributed by atoms with Crippen LogP contribution >= 0.6 is 0 Å². The standard InChI is InChI=1S/C7H14O2Si/c1-4-7-10(8-5-2)9-6-3/h1,10H,5-7H2,2-3H3. The third-order valence-electron chi connectivity index (χ3n) is 0.990. The minimum absolute atomic E-state index is 0.668. The summed E-state index contributed by atoms with van der Waals surface area (Å²) in [5.74, 6) is 2.55. The molecule has 0 aliphatic carbocycles. The lowest BCUT2D eigenvalue weighted by molar-refractivity contribution is 0.216. The first-order valence-corrected chi connectivity index (χ1v) is 5.27. The topological polar surface area (TPSA) is 18.5 Å². The molecule has 3 heteroatoms. The lowest BCUT2D eigenvalue weighted by Crippen LogP contribution is -2.21. The second-order valence-corrected chi connectivity index (χ2v) is 3.68. The van der Waals surface area contributed by atoms with Gasteiger partial charge in [-0.3, -0.25) is 0 Å². The predicted molar refractivity (Wildman–Crippen MR) is 44.0 cm³/mol. The van der Waals surface area contributed by atoms with E-state index < -0.39 is 9.28 Å². The predicted octanol–water partition coefficient (Wildman–Crippen LogP) is 0.913. The molecule has 0 aromatic heterocycles. The Hall–Kier alpha value is -0.303. The van der Waals surface area contributed by atoms with Gasteiger partial charge in [0.05, 0.1) is 0 Å². The molecule has 10 heavy (non-hydrogen) atoms. The molecule has 0 aliphatic rings. The molecule has 0 fully saturated rings. The molecule has 0 radical (unpaired) electrons. The smallest absolute Gasteiger partial charge is 0.333 e. The molecule has 0 bridgehead atoms. The molecule has 0 aliphatic heterocycles. The van der Waals surface area contributed by atoms with E-state index in [0.717, 1.165) is 0 Å². The largest absolute Gasteiger partial charge is 0.396 e. The fourth-order valence-corrected chi connectivity index (χ4v) is 1.90. The molecule has 0 aromatic rings. The van der Waals surface area contributed by atoms with Gasteiger partial charge in [-0.05, 0) is 13.8 Å². The normalized spacial score (nSPS) is 9.80. The molecule has 0 heterocycles. The van der Waals surface area contributed by atoms with Crippen LogP contribution in [0.25, 0.3) is 0 Å². The van der Waals surface area contributed by atoms with Crippen molar-refractivity contribution < 1.29 is 8.85 Å². The van der Waals surface area contributed by atoms with Crippen molar-refractivity contribution in [3.63, 3.8) is 0 Å². The van der Waals surface area contributed by atoms with Crippen molar-refractivity contribution >= 4 is 9.28 Å². The number of rotatable bonds is 5. The van der Waals surface area contributed by atoms with E-state index in [1.807, 2.05) is 13.8 Å². The van der Waals surface area contributed by atoms with Crippen LogP contribution in [0.4, 0.5) is 0 Å². The zero-order valence-corrected chi connectivity index (χ0v) is 7.75. The van der Waals surface area contributed by atoms with Crippen molar-refractivity contribution in [2.75, 3.05) is 13.2 Å². The van der Waals surface area contributed by atoms with E-state index >= 15 is 0 Å². The Morgan fingerprint density at radius 2 is 1.80 bits per heavy atom. The molecule has 0 saturated carbocycles. The van der Waals surface area contributed by atoms with E-state index in [2.05, 4.69) is 5.92 Å². The molecule has 0 unspecified atom stereocenters. The average Bonchev–Trinajstić information content (AvgIpc) is 1.90. The average molecular weight is 158 g/mol. The fraction of sp³-hybridized carbons (Fsp3) is 0.714. The molecular weight excluding hydrogens is 144 g/mol. The first-order valence-electron chi connectivity index (χ1n) is 3.51. The van der Waals surface area contributed by atoms with Gasteiger partial charge in [-0.2, -0.15) is 0 Å². The first-order chi connectivity index (χ1) is 4.85. The Morgan fingerprint density at radius 3 is 2.10 bits per heavy atom. The maximum Gasteiger partial charge on any atom is 0.333 e. The van der Waals surface area contributed by atoms with Gasteiger partial charge in [0.25, 0.3) is 0 Å².